The van der Waals surface area contributed by atoms with Crippen LogP contribution in [-0.2, 0) is 10.5 Å². The predicted octanol–water partition coefficient (Wildman–Crippen LogP) is 3.15. The highest BCUT2D eigenvalue weighted by molar-refractivity contribution is 7.99. The summed E-state index contributed by atoms with van der Waals surface area (Å²) < 4.78 is 6.47. The van der Waals surface area contributed by atoms with Gasteiger partial charge < -0.3 is 10.1 Å². The molecule has 1 N–H and O–H groups in total. The van der Waals surface area contributed by atoms with Gasteiger partial charge in [0, 0.05) is 29.5 Å². The van der Waals surface area contributed by atoms with Crippen LogP contribution < -0.4 is 15.6 Å². The van der Waals surface area contributed by atoms with Gasteiger partial charge >= 0.3 is 0 Å². The number of aromatic nitrogens is 3. The summed E-state index contributed by atoms with van der Waals surface area (Å²) in [5.74, 6) is 1.55. The van der Waals surface area contributed by atoms with Gasteiger partial charge in [0.1, 0.15) is 10.8 Å². The van der Waals surface area contributed by atoms with E-state index in [1.165, 1.54) is 33.7 Å². The van der Waals surface area contributed by atoms with Crippen molar-refractivity contribution in [2.45, 2.75) is 25.5 Å². The largest absolute Gasteiger partial charge is 0.497 e. The molecule has 2 aromatic heterocycles. The maximum Gasteiger partial charge on any atom is 0.275 e. The number of rotatable bonds is 7. The van der Waals surface area contributed by atoms with Crippen molar-refractivity contribution < 1.29 is 9.53 Å². The molecule has 0 atom stereocenters. The molecule has 0 aliphatic rings. The molecular formula is C18H20N4O3S2. The van der Waals surface area contributed by atoms with Crippen molar-refractivity contribution in [1.29, 1.82) is 0 Å². The number of hydrogen-bond donors (Lipinski definition) is 1. The van der Waals surface area contributed by atoms with E-state index in [0.717, 1.165) is 5.01 Å². The van der Waals surface area contributed by atoms with Crippen LogP contribution in [0, 0.1) is 0 Å². The summed E-state index contributed by atoms with van der Waals surface area (Å²) in [5, 5.41) is 8.00. The van der Waals surface area contributed by atoms with Gasteiger partial charge in [-0.1, -0.05) is 31.3 Å². The molecule has 0 aliphatic carbocycles. The third kappa shape index (κ3) is 4.86. The zero-order valence-corrected chi connectivity index (χ0v) is 16.9. The Kier molecular flexibility index (Phi) is 6.12. The van der Waals surface area contributed by atoms with Gasteiger partial charge in [-0.15, -0.1) is 11.8 Å². The number of methoxy groups -OCH3 is 1. The van der Waals surface area contributed by atoms with E-state index in [4.69, 9.17) is 4.74 Å². The third-order valence-electron chi connectivity index (χ3n) is 3.64. The van der Waals surface area contributed by atoms with Gasteiger partial charge in [-0.05, 0) is 12.1 Å². The lowest BCUT2D eigenvalue weighted by Crippen LogP contribution is -2.16. The number of carbonyl (C=O) groups excluding carboxylic acids is 1. The second-order valence-electron chi connectivity index (χ2n) is 6.15. The summed E-state index contributed by atoms with van der Waals surface area (Å²) in [6.07, 6.45) is 0. The molecule has 0 saturated heterocycles. The lowest BCUT2D eigenvalue weighted by molar-refractivity contribution is -0.113. The number of hydrogen-bond acceptors (Lipinski definition) is 7. The van der Waals surface area contributed by atoms with Gasteiger partial charge in [0.15, 0.2) is 0 Å². The first-order chi connectivity index (χ1) is 13.0. The maximum absolute atomic E-state index is 12.2. The molecule has 27 heavy (non-hydrogen) atoms. The second kappa shape index (κ2) is 8.53. The summed E-state index contributed by atoms with van der Waals surface area (Å²) >= 11 is 2.82. The highest BCUT2D eigenvalue weighted by Crippen LogP contribution is 2.21. The third-order valence-corrected chi connectivity index (χ3v) is 5.82. The maximum atomic E-state index is 12.2. The highest BCUT2D eigenvalue weighted by Gasteiger charge is 2.12. The molecule has 0 fully saturated rings. The van der Waals surface area contributed by atoms with Gasteiger partial charge in [-0.3, -0.25) is 9.59 Å². The number of thioether (sulfide) groups is 1. The lowest BCUT2D eigenvalue weighted by Gasteiger charge is -2.06. The van der Waals surface area contributed by atoms with Gasteiger partial charge in [0.25, 0.3) is 5.56 Å². The van der Waals surface area contributed by atoms with Crippen LogP contribution in [0.3, 0.4) is 0 Å². The molecule has 1 amide bonds. The molecule has 1 aromatic carbocycles. The van der Waals surface area contributed by atoms with Crippen molar-refractivity contribution >= 4 is 39.7 Å². The number of nitrogens with one attached hydrogen (secondary N) is 1. The SMILES string of the molecule is COc1cccc(NC(=O)CSCc2cc(=O)n3nc(C(C)C)sc3n2)c1. The molecule has 0 radical (unpaired) electrons. The normalized spacial score (nSPS) is 11.1. The van der Waals surface area contributed by atoms with E-state index in [1.54, 1.807) is 19.2 Å². The Morgan fingerprint density at radius 1 is 1.37 bits per heavy atom. The fraction of sp³-hybridized carbons (Fsp3) is 0.333. The summed E-state index contributed by atoms with van der Waals surface area (Å²) in [6.45, 7) is 4.06. The molecule has 0 aliphatic heterocycles. The molecule has 0 unspecified atom stereocenters. The van der Waals surface area contributed by atoms with Crippen LogP contribution in [0.5, 0.6) is 5.75 Å². The van der Waals surface area contributed by atoms with Crippen LogP contribution in [-0.4, -0.2) is 33.4 Å². The van der Waals surface area contributed by atoms with Gasteiger partial charge in [0.2, 0.25) is 10.9 Å². The van der Waals surface area contributed by atoms with Gasteiger partial charge in [0.05, 0.1) is 18.6 Å². The standard InChI is InChI=1S/C18H20N4O3S2/c1-11(2)17-21-22-16(24)8-13(20-18(22)27-17)9-26-10-15(23)19-12-5-4-6-14(7-12)25-3/h4-8,11H,9-10H2,1-3H3,(H,19,23). The Labute approximate surface area is 164 Å². The lowest BCUT2D eigenvalue weighted by atomic mass is 10.2. The van der Waals surface area contributed by atoms with E-state index in [-0.39, 0.29) is 23.1 Å². The zero-order valence-electron chi connectivity index (χ0n) is 15.3. The van der Waals surface area contributed by atoms with Crippen molar-refractivity contribution in [1.82, 2.24) is 14.6 Å². The number of benzene rings is 1. The predicted molar refractivity (Wildman–Crippen MR) is 109 cm³/mol. The number of fused-ring (bicyclic) bond motifs is 1. The minimum atomic E-state index is -0.195. The van der Waals surface area contributed by atoms with Crippen molar-refractivity contribution in [2.75, 3.05) is 18.2 Å². The summed E-state index contributed by atoms with van der Waals surface area (Å²) in [6, 6.07) is 8.67. The van der Waals surface area contributed by atoms with E-state index in [1.807, 2.05) is 26.0 Å². The van der Waals surface area contributed by atoms with Gasteiger partial charge in [-0.25, -0.2) is 4.98 Å². The smallest absolute Gasteiger partial charge is 0.275 e. The van der Waals surface area contributed by atoms with Crippen molar-refractivity contribution in [2.24, 2.45) is 0 Å². The monoisotopic (exact) mass is 404 g/mol. The fourth-order valence-corrected chi connectivity index (χ4v) is 3.97. The summed E-state index contributed by atoms with van der Waals surface area (Å²) in [7, 11) is 1.58. The van der Waals surface area contributed by atoms with Crippen LogP contribution >= 0.6 is 23.1 Å². The Bertz CT molecular complexity index is 1010. The average molecular weight is 405 g/mol. The Morgan fingerprint density at radius 3 is 2.93 bits per heavy atom. The summed E-state index contributed by atoms with van der Waals surface area (Å²) in [5.41, 5.74) is 1.14. The molecule has 3 rings (SSSR count). The molecule has 0 saturated carbocycles. The van der Waals surface area contributed by atoms with Crippen LogP contribution in [0.2, 0.25) is 0 Å². The van der Waals surface area contributed by atoms with E-state index >= 15 is 0 Å². The molecule has 7 nitrogen and oxygen atoms in total. The van der Waals surface area contributed by atoms with E-state index in [9.17, 15) is 9.59 Å². The Hall–Kier alpha value is -2.39. The topological polar surface area (TPSA) is 85.6 Å². The number of carbonyl (C=O) groups is 1. The van der Waals surface area contributed by atoms with E-state index in [0.29, 0.717) is 27.8 Å². The summed E-state index contributed by atoms with van der Waals surface area (Å²) in [4.78, 5) is 29.4. The van der Waals surface area contributed by atoms with Gasteiger partial charge in [-0.2, -0.15) is 9.61 Å². The molecule has 9 heteroatoms. The van der Waals surface area contributed by atoms with Crippen LogP contribution in [0.25, 0.3) is 4.96 Å². The second-order valence-corrected chi connectivity index (χ2v) is 8.12. The first-order valence-corrected chi connectivity index (χ1v) is 10.3. The molecule has 142 valence electrons. The molecule has 2 heterocycles. The minimum Gasteiger partial charge on any atom is -0.497 e. The number of nitrogens with zero attached hydrogens (tertiary/aromatic N) is 3. The Balaban J connectivity index is 1.59. The fourth-order valence-electron chi connectivity index (χ4n) is 2.32. The molecule has 0 bridgehead atoms. The highest BCUT2D eigenvalue weighted by atomic mass is 32.2. The number of amides is 1. The quantitative estimate of drug-likeness (QED) is 0.651. The number of ether oxygens (including phenoxy) is 1. The number of anilines is 1. The van der Waals surface area contributed by atoms with E-state index in [2.05, 4.69) is 15.4 Å². The van der Waals surface area contributed by atoms with Crippen molar-refractivity contribution in [3.63, 3.8) is 0 Å². The molecule has 3 aromatic rings. The van der Waals surface area contributed by atoms with Crippen LogP contribution in [0.4, 0.5) is 5.69 Å². The Morgan fingerprint density at radius 2 is 2.19 bits per heavy atom. The van der Waals surface area contributed by atoms with Crippen LogP contribution in [0.15, 0.2) is 35.1 Å². The molecular weight excluding hydrogens is 384 g/mol. The van der Waals surface area contributed by atoms with Crippen LogP contribution in [0.1, 0.15) is 30.5 Å². The first kappa shape index (κ1) is 19.4. The van der Waals surface area contributed by atoms with E-state index < -0.39 is 0 Å². The van der Waals surface area contributed by atoms with Crippen molar-refractivity contribution in [3.05, 3.63) is 51.4 Å². The zero-order chi connectivity index (χ0) is 19.4. The van der Waals surface area contributed by atoms with Crippen molar-refractivity contribution in [3.8, 4) is 5.75 Å². The average Bonchev–Trinajstić information content (AvgIpc) is 3.07. The molecule has 0 spiro atoms. The minimum absolute atomic E-state index is 0.120. The first-order valence-electron chi connectivity index (χ1n) is 8.37.